The zero-order valence-electron chi connectivity index (χ0n) is 10.7. The van der Waals surface area contributed by atoms with Crippen LogP contribution in [0.5, 0.6) is 0 Å². The van der Waals surface area contributed by atoms with Gasteiger partial charge < -0.3 is 4.74 Å². The number of esters is 1. The molecule has 0 fully saturated rings. The molecule has 3 nitrogen and oxygen atoms in total. The van der Waals surface area contributed by atoms with E-state index < -0.39 is 17.6 Å². The fourth-order valence-electron chi connectivity index (χ4n) is 1.76. The molecule has 1 aromatic rings. The molecule has 0 spiro atoms. The van der Waals surface area contributed by atoms with E-state index in [1.807, 2.05) is 6.07 Å². The van der Waals surface area contributed by atoms with Gasteiger partial charge in [-0.1, -0.05) is 12.1 Å². The normalized spacial score (nSPS) is 11.7. The number of nitrogens with zero attached hydrogens (tertiary/aromatic N) is 1. The number of ether oxygens (including phenoxy) is 1. The van der Waals surface area contributed by atoms with Crippen LogP contribution in [0.3, 0.4) is 0 Å². The first-order valence-electron chi connectivity index (χ1n) is 6.09. The zero-order valence-corrected chi connectivity index (χ0v) is 10.7. The Labute approximate surface area is 110 Å². The number of benzene rings is 1. The van der Waals surface area contributed by atoms with Gasteiger partial charge in [-0.3, -0.25) is 4.79 Å². The first-order chi connectivity index (χ1) is 9.10. The molecule has 1 atom stereocenters. The molecule has 0 aliphatic rings. The number of carbonyl (C=O) groups excluding carboxylic acids is 1. The van der Waals surface area contributed by atoms with Crippen molar-refractivity contribution in [2.75, 3.05) is 6.61 Å². The Balaban J connectivity index is 2.62. The summed E-state index contributed by atoms with van der Waals surface area (Å²) in [4.78, 5) is 11.1. The van der Waals surface area contributed by atoms with E-state index in [4.69, 9.17) is 10.00 Å². The van der Waals surface area contributed by atoms with Gasteiger partial charge >= 0.3 is 5.97 Å². The highest BCUT2D eigenvalue weighted by Crippen LogP contribution is 2.25. The quantitative estimate of drug-likeness (QED) is 0.743. The van der Waals surface area contributed by atoms with Crippen molar-refractivity contribution in [3.8, 4) is 6.07 Å². The average Bonchev–Trinajstić information content (AvgIpc) is 2.39. The molecule has 1 unspecified atom stereocenters. The predicted molar refractivity (Wildman–Crippen MR) is 65.2 cm³/mol. The summed E-state index contributed by atoms with van der Waals surface area (Å²) in [6.07, 6.45) is 0.853. The lowest BCUT2D eigenvalue weighted by atomic mass is 9.94. The fraction of sp³-hybridized carbons (Fsp3) is 0.429. The number of hydrogen-bond acceptors (Lipinski definition) is 3. The van der Waals surface area contributed by atoms with Crippen molar-refractivity contribution in [1.29, 1.82) is 5.26 Å². The minimum absolute atomic E-state index is 0.0337. The third-order valence-corrected chi connectivity index (χ3v) is 2.69. The number of halogens is 2. The van der Waals surface area contributed by atoms with E-state index in [0.29, 0.717) is 13.0 Å². The molecule has 0 aromatic heterocycles. The lowest BCUT2D eigenvalue weighted by Crippen LogP contribution is -2.06. The van der Waals surface area contributed by atoms with Gasteiger partial charge in [0.2, 0.25) is 0 Å². The van der Waals surface area contributed by atoms with Crippen LogP contribution in [0.1, 0.15) is 37.7 Å². The van der Waals surface area contributed by atoms with Gasteiger partial charge in [0.05, 0.1) is 18.6 Å². The van der Waals surface area contributed by atoms with Crippen molar-refractivity contribution < 1.29 is 18.3 Å². The summed E-state index contributed by atoms with van der Waals surface area (Å²) in [7, 11) is 0. The van der Waals surface area contributed by atoms with E-state index in [2.05, 4.69) is 0 Å². The molecule has 0 aliphatic carbocycles. The maximum atomic E-state index is 13.5. The molecule has 1 rings (SSSR count). The SMILES string of the molecule is CCOC(=O)CCCC(C#N)c1cccc(F)c1F. The van der Waals surface area contributed by atoms with Gasteiger partial charge in [0, 0.05) is 12.0 Å². The molecule has 0 radical (unpaired) electrons. The van der Waals surface area contributed by atoms with Gasteiger partial charge in [-0.05, 0) is 25.8 Å². The van der Waals surface area contributed by atoms with Crippen molar-refractivity contribution in [2.24, 2.45) is 0 Å². The van der Waals surface area contributed by atoms with Crippen molar-refractivity contribution >= 4 is 5.97 Å². The highest BCUT2D eigenvalue weighted by atomic mass is 19.2. The number of carbonyl (C=O) groups is 1. The van der Waals surface area contributed by atoms with Gasteiger partial charge in [-0.25, -0.2) is 8.78 Å². The van der Waals surface area contributed by atoms with Crippen LogP contribution < -0.4 is 0 Å². The van der Waals surface area contributed by atoms with Gasteiger partial charge in [-0.15, -0.1) is 0 Å². The van der Waals surface area contributed by atoms with E-state index in [1.54, 1.807) is 6.92 Å². The molecule has 0 saturated carbocycles. The van der Waals surface area contributed by atoms with Gasteiger partial charge in [0.25, 0.3) is 0 Å². The Kier molecular flexibility index (Phi) is 5.94. The van der Waals surface area contributed by atoms with Crippen LogP contribution in [0.4, 0.5) is 8.78 Å². The number of hydrogen-bond donors (Lipinski definition) is 0. The maximum Gasteiger partial charge on any atom is 0.305 e. The van der Waals surface area contributed by atoms with Crippen LogP contribution in [0.2, 0.25) is 0 Å². The molecule has 0 heterocycles. The van der Waals surface area contributed by atoms with Crippen molar-refractivity contribution in [2.45, 2.75) is 32.1 Å². The molecule has 0 aliphatic heterocycles. The molecular weight excluding hydrogens is 252 g/mol. The standard InChI is InChI=1S/C14H15F2NO2/c1-2-19-13(18)8-3-5-10(9-17)11-6-4-7-12(15)14(11)16/h4,6-7,10H,2-3,5,8H2,1H3. The predicted octanol–water partition coefficient (Wildman–Crippen LogP) is 3.31. The lowest BCUT2D eigenvalue weighted by Gasteiger charge is -2.10. The lowest BCUT2D eigenvalue weighted by molar-refractivity contribution is -0.143. The van der Waals surface area contributed by atoms with Crippen LogP contribution in [0.25, 0.3) is 0 Å². The summed E-state index contributed by atoms with van der Waals surface area (Å²) >= 11 is 0. The van der Waals surface area contributed by atoms with Crippen molar-refractivity contribution in [3.05, 3.63) is 35.4 Å². The van der Waals surface area contributed by atoms with Crippen LogP contribution in [0, 0.1) is 23.0 Å². The molecule has 5 heteroatoms. The van der Waals surface area contributed by atoms with E-state index >= 15 is 0 Å². The molecule has 0 bridgehead atoms. The highest BCUT2D eigenvalue weighted by molar-refractivity contribution is 5.69. The van der Waals surface area contributed by atoms with Crippen molar-refractivity contribution in [3.63, 3.8) is 0 Å². The number of rotatable bonds is 6. The molecule has 19 heavy (non-hydrogen) atoms. The van der Waals surface area contributed by atoms with Crippen LogP contribution in [-0.2, 0) is 9.53 Å². The molecule has 102 valence electrons. The van der Waals surface area contributed by atoms with Gasteiger partial charge in [-0.2, -0.15) is 5.26 Å². The fourth-order valence-corrected chi connectivity index (χ4v) is 1.76. The van der Waals surface area contributed by atoms with E-state index in [1.165, 1.54) is 12.1 Å². The summed E-state index contributed by atoms with van der Waals surface area (Å²) in [5, 5.41) is 9.01. The van der Waals surface area contributed by atoms with E-state index in [9.17, 15) is 13.6 Å². The molecule has 0 N–H and O–H groups in total. The Morgan fingerprint density at radius 3 is 2.84 bits per heavy atom. The zero-order chi connectivity index (χ0) is 14.3. The highest BCUT2D eigenvalue weighted by Gasteiger charge is 2.18. The summed E-state index contributed by atoms with van der Waals surface area (Å²) in [6, 6.07) is 5.69. The molecule has 1 aromatic carbocycles. The Morgan fingerprint density at radius 2 is 2.21 bits per heavy atom. The molecule has 0 saturated heterocycles. The molecule has 0 amide bonds. The smallest absolute Gasteiger partial charge is 0.305 e. The second-order valence-corrected chi connectivity index (χ2v) is 4.02. The minimum atomic E-state index is -0.995. The Bertz CT molecular complexity index is 483. The molecular formula is C14H15F2NO2. The number of nitriles is 1. The monoisotopic (exact) mass is 267 g/mol. The summed E-state index contributed by atoms with van der Waals surface area (Å²) < 4.78 is 31.3. The summed E-state index contributed by atoms with van der Waals surface area (Å²) in [5.74, 6) is -3.07. The minimum Gasteiger partial charge on any atom is -0.466 e. The van der Waals surface area contributed by atoms with Crippen LogP contribution >= 0.6 is 0 Å². The summed E-state index contributed by atoms with van der Waals surface area (Å²) in [5.41, 5.74) is 0.0337. The first kappa shape index (κ1) is 15.1. The van der Waals surface area contributed by atoms with Crippen LogP contribution in [0.15, 0.2) is 18.2 Å². The third-order valence-electron chi connectivity index (χ3n) is 2.69. The second-order valence-electron chi connectivity index (χ2n) is 4.02. The van der Waals surface area contributed by atoms with Gasteiger partial charge in [0.15, 0.2) is 11.6 Å². The first-order valence-corrected chi connectivity index (χ1v) is 6.09. The van der Waals surface area contributed by atoms with E-state index in [-0.39, 0.29) is 24.4 Å². The Morgan fingerprint density at radius 1 is 1.47 bits per heavy atom. The van der Waals surface area contributed by atoms with Crippen LogP contribution in [-0.4, -0.2) is 12.6 Å². The Hall–Kier alpha value is -1.96. The summed E-state index contributed by atoms with van der Waals surface area (Å²) in [6.45, 7) is 2.01. The second kappa shape index (κ2) is 7.47. The maximum absolute atomic E-state index is 13.5. The van der Waals surface area contributed by atoms with Gasteiger partial charge in [0.1, 0.15) is 0 Å². The van der Waals surface area contributed by atoms with Crippen molar-refractivity contribution in [1.82, 2.24) is 0 Å². The largest absolute Gasteiger partial charge is 0.466 e. The average molecular weight is 267 g/mol. The third kappa shape index (κ3) is 4.32. The topological polar surface area (TPSA) is 50.1 Å². The van der Waals surface area contributed by atoms with E-state index in [0.717, 1.165) is 6.07 Å².